The first-order valence-corrected chi connectivity index (χ1v) is 13.2. The zero-order valence-corrected chi connectivity index (χ0v) is 20.9. The zero-order valence-electron chi connectivity index (χ0n) is 20.9. The van der Waals surface area contributed by atoms with Gasteiger partial charge in [0.05, 0.1) is 11.0 Å². The van der Waals surface area contributed by atoms with E-state index in [0.717, 1.165) is 60.6 Å². The summed E-state index contributed by atoms with van der Waals surface area (Å²) in [5.41, 5.74) is 9.28. The van der Waals surface area contributed by atoms with E-state index in [9.17, 15) is 0 Å². The molecule has 0 amide bonds. The third-order valence-electron chi connectivity index (χ3n) is 8.00. The third kappa shape index (κ3) is 2.87. The Labute approximate surface area is 223 Å². The van der Waals surface area contributed by atoms with Gasteiger partial charge in [-0.2, -0.15) is 0 Å². The molecule has 0 aliphatic heterocycles. The van der Waals surface area contributed by atoms with Crippen LogP contribution in [0.5, 0.6) is 0 Å². The summed E-state index contributed by atoms with van der Waals surface area (Å²) in [6.07, 6.45) is 0. The quantitative estimate of drug-likeness (QED) is 0.237. The van der Waals surface area contributed by atoms with E-state index in [4.69, 9.17) is 8.83 Å². The minimum absolute atomic E-state index is 0.883. The van der Waals surface area contributed by atoms with E-state index >= 15 is 0 Å². The molecule has 0 saturated carbocycles. The van der Waals surface area contributed by atoms with Gasteiger partial charge in [-0.3, -0.25) is 0 Å². The van der Waals surface area contributed by atoms with Crippen LogP contribution in [0, 0.1) is 0 Å². The summed E-state index contributed by atoms with van der Waals surface area (Å²) < 4.78 is 15.1. The van der Waals surface area contributed by atoms with E-state index in [1.165, 1.54) is 21.9 Å². The predicted octanol–water partition coefficient (Wildman–Crippen LogP) is 10.2. The Bertz CT molecular complexity index is 2390. The topological polar surface area (TPSA) is 31.2 Å². The Kier molecular flexibility index (Phi) is 4.05. The van der Waals surface area contributed by atoms with Crippen molar-refractivity contribution in [3.63, 3.8) is 0 Å². The molecule has 182 valence electrons. The van der Waals surface area contributed by atoms with E-state index in [0.29, 0.717) is 0 Å². The van der Waals surface area contributed by atoms with Crippen LogP contribution in [0.2, 0.25) is 0 Å². The highest BCUT2D eigenvalue weighted by molar-refractivity contribution is 6.21. The first-order valence-electron chi connectivity index (χ1n) is 13.2. The van der Waals surface area contributed by atoms with E-state index < -0.39 is 0 Å². The fraction of sp³-hybridized carbons (Fsp3) is 0. The van der Waals surface area contributed by atoms with Crippen LogP contribution in [0.4, 0.5) is 0 Å². The predicted molar refractivity (Wildman–Crippen MR) is 161 cm³/mol. The minimum atomic E-state index is 0.883. The van der Waals surface area contributed by atoms with Crippen LogP contribution in [0.15, 0.2) is 136 Å². The van der Waals surface area contributed by atoms with Crippen molar-refractivity contribution in [1.29, 1.82) is 0 Å². The van der Waals surface area contributed by atoms with Crippen LogP contribution in [0.1, 0.15) is 0 Å². The highest BCUT2D eigenvalue weighted by atomic mass is 16.3. The second-order valence-corrected chi connectivity index (χ2v) is 10.1. The Hall–Kier alpha value is -5.28. The summed E-state index contributed by atoms with van der Waals surface area (Å²) in [6.45, 7) is 0. The molecule has 39 heavy (non-hydrogen) atoms. The fourth-order valence-corrected chi connectivity index (χ4v) is 6.21. The molecule has 3 nitrogen and oxygen atoms in total. The second-order valence-electron chi connectivity index (χ2n) is 10.1. The highest BCUT2D eigenvalue weighted by Gasteiger charge is 2.19. The molecule has 0 aliphatic carbocycles. The van der Waals surface area contributed by atoms with E-state index in [-0.39, 0.29) is 0 Å². The Morgan fingerprint density at radius 3 is 2.00 bits per heavy atom. The molecule has 6 aromatic carbocycles. The molecular weight excluding hydrogens is 478 g/mol. The third-order valence-corrected chi connectivity index (χ3v) is 8.00. The first kappa shape index (κ1) is 20.7. The Balaban J connectivity index is 1.38. The molecule has 3 heterocycles. The van der Waals surface area contributed by atoms with E-state index in [1.807, 2.05) is 18.2 Å². The van der Waals surface area contributed by atoms with Crippen LogP contribution in [-0.2, 0) is 0 Å². The number of aromatic nitrogens is 1. The molecule has 9 rings (SSSR count). The number of benzene rings is 6. The Morgan fingerprint density at radius 2 is 1.10 bits per heavy atom. The van der Waals surface area contributed by atoms with Gasteiger partial charge in [-0.25, -0.2) is 0 Å². The SMILES string of the molecule is c1ccc(-c2ccc3oc4ccc(-n5c6ccccc6c6ccc7c8ccccc8oc7c65)cc4c3c2)cc1. The number of hydrogen-bond donors (Lipinski definition) is 0. The molecule has 0 aliphatic rings. The maximum atomic E-state index is 6.53. The molecular formula is C36H21NO2. The molecule has 0 spiro atoms. The second kappa shape index (κ2) is 7.62. The molecule has 0 atom stereocenters. The van der Waals surface area contributed by atoms with Crippen molar-refractivity contribution in [3.05, 3.63) is 127 Å². The molecule has 3 aromatic heterocycles. The summed E-state index contributed by atoms with van der Waals surface area (Å²) >= 11 is 0. The lowest BCUT2D eigenvalue weighted by molar-refractivity contribution is 0.669. The van der Waals surface area contributed by atoms with Crippen molar-refractivity contribution in [2.45, 2.75) is 0 Å². The van der Waals surface area contributed by atoms with Crippen molar-refractivity contribution in [2.24, 2.45) is 0 Å². The monoisotopic (exact) mass is 499 g/mol. The van der Waals surface area contributed by atoms with E-state index in [1.54, 1.807) is 0 Å². The van der Waals surface area contributed by atoms with Crippen LogP contribution >= 0.6 is 0 Å². The van der Waals surface area contributed by atoms with Gasteiger partial charge in [0.25, 0.3) is 0 Å². The molecule has 0 bridgehead atoms. The highest BCUT2D eigenvalue weighted by Crippen LogP contribution is 2.41. The Morgan fingerprint density at radius 1 is 0.410 bits per heavy atom. The fourth-order valence-electron chi connectivity index (χ4n) is 6.21. The lowest BCUT2D eigenvalue weighted by Gasteiger charge is -2.08. The van der Waals surface area contributed by atoms with Crippen LogP contribution in [0.3, 0.4) is 0 Å². The summed E-state index contributed by atoms with van der Waals surface area (Å²) in [5.74, 6) is 0. The number of fused-ring (bicyclic) bond motifs is 10. The van der Waals surface area contributed by atoms with Crippen molar-refractivity contribution in [3.8, 4) is 16.8 Å². The largest absolute Gasteiger partial charge is 0.456 e. The molecule has 3 heteroatoms. The van der Waals surface area contributed by atoms with Gasteiger partial charge in [0.1, 0.15) is 16.7 Å². The van der Waals surface area contributed by atoms with Crippen molar-refractivity contribution in [1.82, 2.24) is 4.57 Å². The van der Waals surface area contributed by atoms with Crippen molar-refractivity contribution in [2.75, 3.05) is 0 Å². The lowest BCUT2D eigenvalue weighted by atomic mass is 10.0. The van der Waals surface area contributed by atoms with E-state index in [2.05, 4.69) is 114 Å². The van der Waals surface area contributed by atoms with Gasteiger partial charge >= 0.3 is 0 Å². The lowest BCUT2D eigenvalue weighted by Crippen LogP contribution is -1.93. The minimum Gasteiger partial charge on any atom is -0.456 e. The number of rotatable bonds is 2. The maximum absolute atomic E-state index is 6.53. The average Bonchev–Trinajstić information content (AvgIpc) is 3.66. The van der Waals surface area contributed by atoms with Crippen molar-refractivity contribution >= 4 is 65.7 Å². The van der Waals surface area contributed by atoms with Gasteiger partial charge < -0.3 is 13.4 Å². The zero-order chi connectivity index (χ0) is 25.5. The summed E-state index contributed by atoms with van der Waals surface area (Å²) in [5, 5.41) is 6.87. The maximum Gasteiger partial charge on any atom is 0.160 e. The van der Waals surface area contributed by atoms with Crippen LogP contribution in [0.25, 0.3) is 82.5 Å². The van der Waals surface area contributed by atoms with Gasteiger partial charge in [0, 0.05) is 38.0 Å². The number of para-hydroxylation sites is 2. The van der Waals surface area contributed by atoms with Crippen molar-refractivity contribution < 1.29 is 8.83 Å². The summed E-state index contributed by atoms with van der Waals surface area (Å²) in [7, 11) is 0. The first-order chi connectivity index (χ1) is 19.3. The standard InChI is InChI=1S/C36H21NO2/c1-2-8-22(9-3-1)23-14-18-33-29(20-23)30-21-24(15-19-34(30)38-33)37-31-12-6-4-10-25(31)27-16-17-28-26-11-5-7-13-32(26)39-36(28)35(27)37/h1-21H. The number of hydrogen-bond acceptors (Lipinski definition) is 2. The average molecular weight is 500 g/mol. The summed E-state index contributed by atoms with van der Waals surface area (Å²) in [6, 6.07) is 44.7. The smallest absolute Gasteiger partial charge is 0.160 e. The molecule has 9 aromatic rings. The van der Waals surface area contributed by atoms with Crippen LogP contribution < -0.4 is 0 Å². The molecule has 0 saturated heterocycles. The molecule has 0 fully saturated rings. The van der Waals surface area contributed by atoms with Gasteiger partial charge in [-0.05, 0) is 59.7 Å². The molecule has 0 radical (unpaired) electrons. The number of furan rings is 2. The van der Waals surface area contributed by atoms with Gasteiger partial charge in [-0.15, -0.1) is 0 Å². The van der Waals surface area contributed by atoms with Gasteiger partial charge in [0.15, 0.2) is 5.58 Å². The van der Waals surface area contributed by atoms with Gasteiger partial charge in [-0.1, -0.05) is 78.9 Å². The molecule has 0 unspecified atom stereocenters. The van der Waals surface area contributed by atoms with Gasteiger partial charge in [0.2, 0.25) is 0 Å². The van der Waals surface area contributed by atoms with Crippen LogP contribution in [-0.4, -0.2) is 4.57 Å². The summed E-state index contributed by atoms with van der Waals surface area (Å²) in [4.78, 5) is 0. The molecule has 0 N–H and O–H groups in total. The number of nitrogens with zero attached hydrogens (tertiary/aromatic N) is 1. The normalized spacial score (nSPS) is 12.1.